The van der Waals surface area contributed by atoms with Crippen molar-refractivity contribution in [2.45, 2.75) is 41.5 Å². The van der Waals surface area contributed by atoms with E-state index in [1.807, 2.05) is 14.0 Å². The molecular formula is C15H22MnNO2. The first-order chi connectivity index (χ1) is 8.82. The van der Waals surface area contributed by atoms with Crippen LogP contribution < -0.4 is 5.32 Å². The maximum absolute atomic E-state index is 7.50. The number of nitrogens with one attached hydrogen (secondary N) is 1. The van der Waals surface area contributed by atoms with Gasteiger partial charge >= 0.3 is 62.0 Å². The van der Waals surface area contributed by atoms with Crippen molar-refractivity contribution in [2.24, 2.45) is 0 Å². The number of hydrogen-bond acceptors (Lipinski definition) is 1. The first-order valence-electron chi connectivity index (χ1n) is 5.60. The van der Waals surface area contributed by atoms with E-state index < -0.39 is 0 Å². The summed E-state index contributed by atoms with van der Waals surface area (Å²) < 4.78 is 16.1. The molecule has 106 valence electrons. The minimum atomic E-state index is 1.07. The standard InChI is InChI=1S/C10H15.C3H7N.2CO.Mn/c1-6-7(2)9(4)10(5)8(6)3;1-3-4-2;2*1-2;/h1-5H3;4H,1-2H3;;;. The van der Waals surface area contributed by atoms with Crippen LogP contribution in [-0.2, 0) is 24.9 Å². The van der Waals surface area contributed by atoms with Gasteiger partial charge in [0, 0.05) is 5.92 Å². The number of hydrogen-bond donors (Lipinski definition) is 1. The summed E-state index contributed by atoms with van der Waals surface area (Å²) in [6.07, 6.45) is 0. The Bertz CT molecular complexity index is 359. The van der Waals surface area contributed by atoms with E-state index in [1.54, 1.807) is 0 Å². The summed E-state index contributed by atoms with van der Waals surface area (Å²) in [5.41, 5.74) is 5.87. The van der Waals surface area contributed by atoms with Gasteiger partial charge in [-0.1, -0.05) is 18.1 Å². The zero-order chi connectivity index (χ0) is 16.2. The van der Waals surface area contributed by atoms with Crippen LogP contribution in [0.25, 0.3) is 0 Å². The van der Waals surface area contributed by atoms with Crippen LogP contribution >= 0.6 is 0 Å². The van der Waals surface area contributed by atoms with Gasteiger partial charge in [-0.15, -0.1) is 0 Å². The molecule has 0 fully saturated rings. The molecule has 1 aliphatic rings. The van der Waals surface area contributed by atoms with E-state index in [2.05, 4.69) is 68.8 Å². The molecule has 0 bridgehead atoms. The van der Waals surface area contributed by atoms with Crippen LogP contribution in [0, 0.1) is 19.2 Å². The fourth-order valence-corrected chi connectivity index (χ4v) is 1.41. The fraction of sp³-hybridized carbons (Fsp3) is 0.467. The van der Waals surface area contributed by atoms with Crippen LogP contribution in [0.15, 0.2) is 22.3 Å². The summed E-state index contributed by atoms with van der Waals surface area (Å²) in [5.74, 6) is 1.47. The molecule has 0 aliphatic heterocycles. The van der Waals surface area contributed by atoms with Crippen molar-refractivity contribution in [2.75, 3.05) is 7.05 Å². The summed E-state index contributed by atoms with van der Waals surface area (Å²) in [5, 5.41) is 2.86. The van der Waals surface area contributed by atoms with Crippen LogP contribution in [0.2, 0.25) is 0 Å². The van der Waals surface area contributed by atoms with Gasteiger partial charge in [0.1, 0.15) is 0 Å². The molecule has 0 saturated carbocycles. The first-order valence-corrected chi connectivity index (χ1v) is 6.19. The Morgan fingerprint density at radius 3 is 1.11 bits per heavy atom. The summed E-state index contributed by atoms with van der Waals surface area (Å²) in [7, 11) is 1.87. The second kappa shape index (κ2) is 13.7. The number of rotatable bonds is 1. The van der Waals surface area contributed by atoms with Gasteiger partial charge < -0.3 is 0 Å². The summed E-state index contributed by atoms with van der Waals surface area (Å²) >= 11 is 3.18. The fourth-order valence-electron chi connectivity index (χ4n) is 1.41. The van der Waals surface area contributed by atoms with Gasteiger partial charge in [-0.3, -0.25) is 0 Å². The summed E-state index contributed by atoms with van der Waals surface area (Å²) in [4.78, 5) is 0. The molecule has 0 saturated heterocycles. The molecule has 1 radical (unpaired) electrons. The van der Waals surface area contributed by atoms with Gasteiger partial charge in [0.2, 0.25) is 0 Å². The Labute approximate surface area is 125 Å². The van der Waals surface area contributed by atoms with E-state index in [0.717, 1.165) is 4.54 Å². The van der Waals surface area contributed by atoms with Crippen LogP contribution in [0.4, 0.5) is 0 Å². The van der Waals surface area contributed by atoms with Gasteiger partial charge in [0.15, 0.2) is 0 Å². The van der Waals surface area contributed by atoms with Gasteiger partial charge in [0.25, 0.3) is 0 Å². The molecule has 1 rings (SSSR count). The monoisotopic (exact) mass is 303 g/mol. The van der Waals surface area contributed by atoms with Crippen molar-refractivity contribution >= 4 is 4.54 Å². The molecule has 1 aliphatic carbocycles. The normalized spacial score (nSPS) is 13.4. The molecule has 0 spiro atoms. The molecule has 0 heterocycles. The van der Waals surface area contributed by atoms with E-state index in [4.69, 9.17) is 9.30 Å². The van der Waals surface area contributed by atoms with Gasteiger partial charge in [0.05, 0.1) is 0 Å². The Balaban J connectivity index is -0.000000242. The number of allylic oxidation sites excluding steroid dienone is 4. The van der Waals surface area contributed by atoms with E-state index in [1.165, 1.54) is 28.2 Å². The van der Waals surface area contributed by atoms with Gasteiger partial charge in [-0.2, -0.15) is 0 Å². The molecule has 19 heavy (non-hydrogen) atoms. The molecule has 4 heteroatoms. The maximum atomic E-state index is 7.50. The van der Waals surface area contributed by atoms with Crippen molar-refractivity contribution in [3.63, 3.8) is 0 Å². The molecule has 0 aromatic rings. The third-order valence-corrected chi connectivity index (χ3v) is 3.45. The predicted molar refractivity (Wildman–Crippen MR) is 73.3 cm³/mol. The molecule has 0 amide bonds. The van der Waals surface area contributed by atoms with E-state index >= 15 is 0 Å². The van der Waals surface area contributed by atoms with Crippen molar-refractivity contribution in [3.8, 4) is 0 Å². The van der Waals surface area contributed by atoms with Crippen molar-refractivity contribution in [3.05, 3.63) is 41.5 Å². The van der Waals surface area contributed by atoms with Crippen LogP contribution in [0.3, 0.4) is 0 Å². The summed E-state index contributed by atoms with van der Waals surface area (Å²) in [6, 6.07) is 0. The molecule has 0 atom stereocenters. The third kappa shape index (κ3) is 8.93. The predicted octanol–water partition coefficient (Wildman–Crippen LogP) is 3.09. The third-order valence-electron chi connectivity index (χ3n) is 3.16. The molecular weight excluding hydrogens is 281 g/mol. The van der Waals surface area contributed by atoms with Gasteiger partial charge in [-0.05, 0) is 38.8 Å². The first kappa shape index (κ1) is 23.4. The van der Waals surface area contributed by atoms with Crippen molar-refractivity contribution in [1.82, 2.24) is 5.32 Å². The topological polar surface area (TPSA) is 51.8 Å². The SMILES string of the molecule is CN[C](C)=[Mn].C[C]1C(C)=C(C)C(C)=C1C.[C-]#[O+].[C-]#[O+]. The average molecular weight is 303 g/mol. The molecule has 0 aromatic heterocycles. The van der Waals surface area contributed by atoms with Crippen LogP contribution in [-0.4, -0.2) is 11.6 Å². The van der Waals surface area contributed by atoms with E-state index in [0.29, 0.717) is 0 Å². The molecule has 1 N–H and O–H groups in total. The zero-order valence-electron chi connectivity index (χ0n) is 12.7. The van der Waals surface area contributed by atoms with Crippen molar-refractivity contribution < 1.29 is 24.9 Å². The van der Waals surface area contributed by atoms with Crippen LogP contribution in [0.5, 0.6) is 0 Å². The van der Waals surface area contributed by atoms with Crippen LogP contribution in [0.1, 0.15) is 41.5 Å². The second-order valence-corrected chi connectivity index (χ2v) is 4.79. The Kier molecular flexibility index (Phi) is 16.9. The van der Waals surface area contributed by atoms with E-state index in [9.17, 15) is 0 Å². The molecule has 3 nitrogen and oxygen atoms in total. The zero-order valence-corrected chi connectivity index (χ0v) is 13.9. The summed E-state index contributed by atoms with van der Waals surface area (Å²) in [6.45, 7) is 21.9. The van der Waals surface area contributed by atoms with E-state index in [-0.39, 0.29) is 0 Å². The average Bonchev–Trinajstić information content (AvgIpc) is 2.62. The second-order valence-electron chi connectivity index (χ2n) is 3.91. The Morgan fingerprint density at radius 2 is 1.05 bits per heavy atom. The van der Waals surface area contributed by atoms with Gasteiger partial charge in [-0.25, -0.2) is 0 Å². The minimum absolute atomic E-state index is 1.07. The molecule has 0 aromatic carbocycles. The Hall–Kier alpha value is -0.691. The quantitative estimate of drug-likeness (QED) is 0.452. The Morgan fingerprint density at radius 1 is 0.842 bits per heavy atom. The van der Waals surface area contributed by atoms with Crippen molar-refractivity contribution in [1.29, 1.82) is 0 Å². The molecule has 0 unspecified atom stereocenters.